The molecule has 2 aromatic carbocycles. The van der Waals surface area contributed by atoms with Gasteiger partial charge in [0.2, 0.25) is 15.9 Å². The second-order valence-electron chi connectivity index (χ2n) is 7.62. The van der Waals surface area contributed by atoms with E-state index in [4.69, 9.17) is 0 Å². The zero-order chi connectivity index (χ0) is 21.6. The lowest BCUT2D eigenvalue weighted by Gasteiger charge is -2.30. The number of carbonyl (C=O) groups excluding carboxylic acids is 1. The van der Waals surface area contributed by atoms with Crippen LogP contribution in [-0.4, -0.2) is 26.6 Å². The van der Waals surface area contributed by atoms with E-state index in [0.717, 1.165) is 36.6 Å². The van der Waals surface area contributed by atoms with E-state index in [0.29, 0.717) is 17.8 Å². The van der Waals surface area contributed by atoms with Crippen molar-refractivity contribution in [2.75, 3.05) is 15.9 Å². The number of anilines is 2. The van der Waals surface area contributed by atoms with E-state index in [2.05, 4.69) is 12.2 Å². The molecule has 0 saturated heterocycles. The quantitative estimate of drug-likeness (QED) is 0.637. The van der Waals surface area contributed by atoms with Gasteiger partial charge in [0.15, 0.2) is 0 Å². The van der Waals surface area contributed by atoms with Crippen molar-refractivity contribution in [3.05, 3.63) is 59.2 Å². The fourth-order valence-corrected chi connectivity index (χ4v) is 4.69. The number of sulfonamides is 1. The zero-order valence-corrected chi connectivity index (χ0v) is 18.8. The molecule has 1 N–H and O–H groups in total. The second kappa shape index (κ2) is 9.92. The van der Waals surface area contributed by atoms with E-state index < -0.39 is 16.1 Å². The molecule has 29 heavy (non-hydrogen) atoms. The van der Waals surface area contributed by atoms with Crippen LogP contribution < -0.4 is 9.62 Å². The van der Waals surface area contributed by atoms with Gasteiger partial charge in [-0.2, -0.15) is 0 Å². The molecule has 0 aromatic heterocycles. The van der Waals surface area contributed by atoms with Crippen molar-refractivity contribution in [3.8, 4) is 0 Å². The summed E-state index contributed by atoms with van der Waals surface area (Å²) in [6.07, 6.45) is 4.78. The van der Waals surface area contributed by atoms with Gasteiger partial charge in [0.05, 0.1) is 11.9 Å². The summed E-state index contributed by atoms with van der Waals surface area (Å²) in [6, 6.07) is 12.5. The van der Waals surface area contributed by atoms with Crippen molar-refractivity contribution in [2.45, 2.75) is 59.4 Å². The van der Waals surface area contributed by atoms with Crippen LogP contribution in [0.2, 0.25) is 0 Å². The van der Waals surface area contributed by atoms with Crippen LogP contribution in [0.4, 0.5) is 11.4 Å². The molecule has 0 unspecified atom stereocenters. The monoisotopic (exact) mass is 416 g/mol. The number of benzene rings is 2. The van der Waals surface area contributed by atoms with Crippen LogP contribution in [-0.2, 0) is 21.2 Å². The minimum Gasteiger partial charge on any atom is -0.324 e. The molecule has 6 heteroatoms. The van der Waals surface area contributed by atoms with Crippen molar-refractivity contribution in [2.24, 2.45) is 0 Å². The summed E-state index contributed by atoms with van der Waals surface area (Å²) in [6.45, 7) is 7.80. The fraction of sp³-hybridized carbons (Fsp3) is 0.435. The Hall–Kier alpha value is -2.34. The first-order valence-electron chi connectivity index (χ1n) is 10.1. The van der Waals surface area contributed by atoms with Gasteiger partial charge in [0.1, 0.15) is 6.04 Å². The molecular formula is C23H32N2O3S. The van der Waals surface area contributed by atoms with E-state index in [1.54, 1.807) is 12.1 Å². The Morgan fingerprint density at radius 1 is 1.03 bits per heavy atom. The molecule has 1 atom stereocenters. The second-order valence-corrected chi connectivity index (χ2v) is 9.48. The number of rotatable bonds is 9. The Balaban J connectivity index is 2.28. The molecule has 0 aliphatic rings. The third kappa shape index (κ3) is 6.32. The van der Waals surface area contributed by atoms with E-state index in [-0.39, 0.29) is 5.91 Å². The third-order valence-electron chi connectivity index (χ3n) is 4.83. The predicted octanol–water partition coefficient (Wildman–Crippen LogP) is 4.83. The number of amides is 1. The number of aryl methyl sites for hydroxylation is 3. The Kier molecular flexibility index (Phi) is 7.85. The Morgan fingerprint density at radius 2 is 1.62 bits per heavy atom. The first-order chi connectivity index (χ1) is 13.7. The van der Waals surface area contributed by atoms with Crippen LogP contribution >= 0.6 is 0 Å². The molecule has 0 aliphatic carbocycles. The number of nitrogens with one attached hydrogen (secondary N) is 1. The topological polar surface area (TPSA) is 66.5 Å². The summed E-state index contributed by atoms with van der Waals surface area (Å²) in [4.78, 5) is 13.0. The molecule has 0 heterocycles. The van der Waals surface area contributed by atoms with Gasteiger partial charge in [-0.05, 0) is 74.1 Å². The third-order valence-corrected chi connectivity index (χ3v) is 6.01. The Morgan fingerprint density at radius 3 is 2.10 bits per heavy atom. The van der Waals surface area contributed by atoms with Gasteiger partial charge >= 0.3 is 0 Å². The Bertz CT molecular complexity index is 917. The fourth-order valence-electron chi connectivity index (χ4n) is 3.50. The lowest BCUT2D eigenvalue weighted by molar-refractivity contribution is -0.117. The molecular weight excluding hydrogens is 384 g/mol. The molecule has 0 radical (unpaired) electrons. The first-order valence-corrected chi connectivity index (χ1v) is 12.0. The average molecular weight is 417 g/mol. The standard InChI is InChI=1S/C23H32N2O3S/c1-6-8-9-19-10-12-20(13-11-19)24-23(26)22(7-2)25(29(5,27)28)21-15-17(3)14-18(4)16-21/h10-16,22H,6-9H2,1-5H3,(H,24,26)/t22-/m0/s1. The van der Waals surface area contributed by atoms with Gasteiger partial charge in [-0.1, -0.05) is 38.5 Å². The highest BCUT2D eigenvalue weighted by molar-refractivity contribution is 7.92. The van der Waals surface area contributed by atoms with Gasteiger partial charge in [-0.3, -0.25) is 9.10 Å². The minimum atomic E-state index is -3.64. The van der Waals surface area contributed by atoms with Crippen molar-refractivity contribution in [3.63, 3.8) is 0 Å². The normalized spacial score (nSPS) is 12.4. The molecule has 0 saturated carbocycles. The van der Waals surface area contributed by atoms with Crippen LogP contribution in [0.25, 0.3) is 0 Å². The van der Waals surface area contributed by atoms with Gasteiger partial charge in [0.25, 0.3) is 0 Å². The van der Waals surface area contributed by atoms with Gasteiger partial charge in [-0.15, -0.1) is 0 Å². The molecule has 0 bridgehead atoms. The predicted molar refractivity (Wildman–Crippen MR) is 121 cm³/mol. The number of unbranched alkanes of at least 4 members (excludes halogenated alkanes) is 1. The summed E-state index contributed by atoms with van der Waals surface area (Å²) in [5, 5.41) is 2.88. The summed E-state index contributed by atoms with van der Waals surface area (Å²) in [5.41, 5.74) is 4.31. The Labute approximate surface area is 175 Å². The molecule has 0 spiro atoms. The van der Waals surface area contributed by atoms with E-state index in [1.807, 2.05) is 51.1 Å². The molecule has 158 valence electrons. The summed E-state index contributed by atoms with van der Waals surface area (Å²) in [5.74, 6) is -0.335. The average Bonchev–Trinajstić information content (AvgIpc) is 2.63. The van der Waals surface area contributed by atoms with Crippen molar-refractivity contribution < 1.29 is 13.2 Å². The summed E-state index contributed by atoms with van der Waals surface area (Å²) in [7, 11) is -3.64. The lowest BCUT2D eigenvalue weighted by atomic mass is 10.1. The highest BCUT2D eigenvalue weighted by Crippen LogP contribution is 2.26. The largest absolute Gasteiger partial charge is 0.324 e. The van der Waals surface area contributed by atoms with Crippen molar-refractivity contribution in [1.82, 2.24) is 0 Å². The number of hydrogen-bond donors (Lipinski definition) is 1. The van der Waals surface area contributed by atoms with Gasteiger partial charge in [0, 0.05) is 5.69 Å². The smallest absolute Gasteiger partial charge is 0.248 e. The molecule has 5 nitrogen and oxygen atoms in total. The van der Waals surface area contributed by atoms with Crippen LogP contribution in [0.1, 0.15) is 49.8 Å². The maximum absolute atomic E-state index is 13.0. The van der Waals surface area contributed by atoms with Crippen LogP contribution in [0, 0.1) is 13.8 Å². The molecule has 2 rings (SSSR count). The van der Waals surface area contributed by atoms with Gasteiger partial charge < -0.3 is 5.32 Å². The molecule has 1 amide bonds. The van der Waals surface area contributed by atoms with E-state index in [1.165, 1.54) is 9.87 Å². The summed E-state index contributed by atoms with van der Waals surface area (Å²) >= 11 is 0. The van der Waals surface area contributed by atoms with E-state index in [9.17, 15) is 13.2 Å². The molecule has 0 fully saturated rings. The highest BCUT2D eigenvalue weighted by atomic mass is 32.2. The van der Waals surface area contributed by atoms with Crippen molar-refractivity contribution in [1.29, 1.82) is 0 Å². The zero-order valence-electron chi connectivity index (χ0n) is 18.0. The maximum Gasteiger partial charge on any atom is 0.248 e. The SMILES string of the molecule is CCCCc1ccc(NC(=O)[C@H](CC)N(c2cc(C)cc(C)c2)S(C)(=O)=O)cc1. The maximum atomic E-state index is 13.0. The molecule has 0 aliphatic heterocycles. The lowest BCUT2D eigenvalue weighted by Crippen LogP contribution is -2.47. The van der Waals surface area contributed by atoms with E-state index >= 15 is 0 Å². The van der Waals surface area contributed by atoms with Crippen molar-refractivity contribution >= 4 is 27.3 Å². The highest BCUT2D eigenvalue weighted by Gasteiger charge is 2.31. The molecule has 2 aromatic rings. The number of nitrogens with zero attached hydrogens (tertiary/aromatic N) is 1. The van der Waals surface area contributed by atoms with Crippen LogP contribution in [0.15, 0.2) is 42.5 Å². The van der Waals surface area contributed by atoms with Crippen LogP contribution in [0.3, 0.4) is 0 Å². The number of hydrogen-bond acceptors (Lipinski definition) is 3. The number of carbonyl (C=O) groups is 1. The summed E-state index contributed by atoms with van der Waals surface area (Å²) < 4.78 is 26.4. The minimum absolute atomic E-state index is 0.335. The van der Waals surface area contributed by atoms with Crippen LogP contribution in [0.5, 0.6) is 0 Å². The first kappa shape index (κ1) is 22.9. The van der Waals surface area contributed by atoms with Gasteiger partial charge in [-0.25, -0.2) is 8.42 Å².